The normalized spacial score (nSPS) is 20.8. The molecule has 1 atom stereocenters. The number of amides is 2. The number of hydrogen-bond acceptors (Lipinski definition) is 3. The first kappa shape index (κ1) is 33.2. The lowest BCUT2D eigenvalue weighted by Gasteiger charge is -2.42. The molecule has 0 aromatic heterocycles. The van der Waals surface area contributed by atoms with Crippen molar-refractivity contribution < 1.29 is 18.4 Å². The fourth-order valence-corrected chi connectivity index (χ4v) is 4.68. The largest absolute Gasteiger partial charge is 0.354 e. The van der Waals surface area contributed by atoms with E-state index in [1.165, 1.54) is 11.1 Å². The summed E-state index contributed by atoms with van der Waals surface area (Å²) in [6.45, 7) is 17.8. The van der Waals surface area contributed by atoms with Crippen molar-refractivity contribution in [1.29, 1.82) is 0 Å². The van der Waals surface area contributed by atoms with Crippen LogP contribution in [0.15, 0.2) is 60.7 Å². The molecule has 0 aliphatic heterocycles. The minimum Gasteiger partial charge on any atom is -0.354 e. The first-order valence-electron chi connectivity index (χ1n) is 13.4. The molecule has 2 amide bonds. The molecule has 1 aromatic carbocycles. The third-order valence-electron chi connectivity index (χ3n) is 6.62. The van der Waals surface area contributed by atoms with Gasteiger partial charge in [-0.05, 0) is 75.1 Å². The van der Waals surface area contributed by atoms with Crippen molar-refractivity contribution in [2.75, 3.05) is 6.54 Å². The second-order valence-corrected chi connectivity index (χ2v) is 11.4. The van der Waals surface area contributed by atoms with Gasteiger partial charge >= 0.3 is 0 Å². The predicted molar refractivity (Wildman–Crippen MR) is 153 cm³/mol. The fourth-order valence-electron chi connectivity index (χ4n) is 4.68. The molecule has 7 heteroatoms. The summed E-state index contributed by atoms with van der Waals surface area (Å²) < 4.78 is 23.3. The molecule has 1 aliphatic rings. The second-order valence-electron chi connectivity index (χ2n) is 11.4. The maximum atomic E-state index is 12.1. The van der Waals surface area contributed by atoms with Gasteiger partial charge in [0.25, 0.3) is 0 Å². The monoisotopic (exact) mass is 531 g/mol. The van der Waals surface area contributed by atoms with Crippen LogP contribution in [0.1, 0.15) is 91.7 Å². The van der Waals surface area contributed by atoms with E-state index in [9.17, 15) is 18.4 Å². The zero-order valence-corrected chi connectivity index (χ0v) is 24.2. The molecule has 5 nitrogen and oxygen atoms in total. The van der Waals surface area contributed by atoms with Crippen molar-refractivity contribution in [3.63, 3.8) is 0 Å². The minimum absolute atomic E-state index is 0.0147. The van der Waals surface area contributed by atoms with Gasteiger partial charge in [0.1, 0.15) is 5.83 Å². The van der Waals surface area contributed by atoms with Gasteiger partial charge in [-0.2, -0.15) is 0 Å². The summed E-state index contributed by atoms with van der Waals surface area (Å²) in [5.41, 5.74) is 3.24. The van der Waals surface area contributed by atoms with Crippen molar-refractivity contribution in [1.82, 2.24) is 16.0 Å². The quantitative estimate of drug-likeness (QED) is 0.312. The van der Waals surface area contributed by atoms with E-state index in [2.05, 4.69) is 67.6 Å². The van der Waals surface area contributed by atoms with Crippen LogP contribution in [0.3, 0.4) is 0 Å². The molecule has 38 heavy (non-hydrogen) atoms. The molecule has 1 aromatic rings. The fraction of sp³-hybridized carbons (Fsp3) is 0.548. The molecule has 0 saturated heterocycles. The molecule has 2 rings (SSSR count). The number of hydrogen-bond donors (Lipinski definition) is 3. The van der Waals surface area contributed by atoms with E-state index in [-0.39, 0.29) is 41.2 Å². The summed E-state index contributed by atoms with van der Waals surface area (Å²) in [5.74, 6) is -0.555. The van der Waals surface area contributed by atoms with Crippen molar-refractivity contribution in [3.8, 4) is 0 Å². The topological polar surface area (TPSA) is 70.2 Å². The highest BCUT2D eigenvalue weighted by atomic mass is 19.1. The van der Waals surface area contributed by atoms with E-state index in [0.717, 1.165) is 50.8 Å². The van der Waals surface area contributed by atoms with E-state index < -0.39 is 5.83 Å². The average molecular weight is 532 g/mol. The Morgan fingerprint density at radius 2 is 1.79 bits per heavy atom. The molecule has 0 heterocycles. The van der Waals surface area contributed by atoms with Crippen LogP contribution in [0.2, 0.25) is 0 Å². The third kappa shape index (κ3) is 12.2. The van der Waals surface area contributed by atoms with Gasteiger partial charge in [0.2, 0.25) is 11.8 Å². The standard InChI is InChI=1S/C24H39N3O2.C7H8F2/c1-17(26-18(2)28)12-15-25-24(13-10-22(11-14-24)27-19(3)29)21-9-7-8-20(16-21)23(4,5)6;1-6(2)5-7(9)3-4-8/h7-9,16-17,22,25H,10-15H2,1-6H3,(H,26,28)(H,27,29);3-5H,1H2,2H3/b;4-3+,7-5+/t17-,22?,24?;/m0./s1. The van der Waals surface area contributed by atoms with E-state index in [1.807, 2.05) is 6.92 Å². The lowest BCUT2D eigenvalue weighted by molar-refractivity contribution is -0.120. The SMILES string of the molecule is C=C(C)/C=C(F)\C=C\F.CC(=O)NC1CCC(NCC[C@H](C)NC(C)=O)(c2cccc(C(C)(C)C)c2)CC1. The number of nitrogens with one attached hydrogen (secondary N) is 3. The van der Waals surface area contributed by atoms with Crippen LogP contribution in [0.25, 0.3) is 0 Å². The molecule has 0 unspecified atom stereocenters. The molecular weight excluding hydrogens is 484 g/mol. The lowest BCUT2D eigenvalue weighted by atomic mass is 9.73. The lowest BCUT2D eigenvalue weighted by Crippen LogP contribution is -2.50. The maximum absolute atomic E-state index is 12.1. The van der Waals surface area contributed by atoms with Crippen molar-refractivity contribution in [3.05, 3.63) is 71.9 Å². The Morgan fingerprint density at radius 3 is 2.29 bits per heavy atom. The van der Waals surface area contributed by atoms with Gasteiger partial charge in [-0.3, -0.25) is 9.59 Å². The van der Waals surface area contributed by atoms with E-state index in [1.54, 1.807) is 20.8 Å². The smallest absolute Gasteiger partial charge is 0.217 e. The van der Waals surface area contributed by atoms with E-state index in [0.29, 0.717) is 5.57 Å². The summed E-state index contributed by atoms with van der Waals surface area (Å²) in [6, 6.07) is 9.36. The number of rotatable bonds is 9. The molecule has 0 radical (unpaired) electrons. The molecule has 1 fully saturated rings. The van der Waals surface area contributed by atoms with Crippen LogP contribution in [0.4, 0.5) is 8.78 Å². The predicted octanol–water partition coefficient (Wildman–Crippen LogP) is 6.66. The number of allylic oxidation sites excluding steroid dienone is 4. The van der Waals surface area contributed by atoms with Gasteiger partial charge in [0, 0.05) is 37.5 Å². The van der Waals surface area contributed by atoms with Crippen molar-refractivity contribution in [2.45, 2.75) is 104 Å². The van der Waals surface area contributed by atoms with Crippen LogP contribution in [0.5, 0.6) is 0 Å². The van der Waals surface area contributed by atoms with E-state index >= 15 is 0 Å². The van der Waals surface area contributed by atoms with Gasteiger partial charge in [-0.25, -0.2) is 8.78 Å². The van der Waals surface area contributed by atoms with Crippen LogP contribution in [-0.2, 0) is 20.5 Å². The highest BCUT2D eigenvalue weighted by Crippen LogP contribution is 2.39. The Bertz CT molecular complexity index is 987. The van der Waals surface area contributed by atoms with Crippen molar-refractivity contribution >= 4 is 11.8 Å². The minimum atomic E-state index is -0.620. The highest BCUT2D eigenvalue weighted by molar-refractivity contribution is 5.73. The Balaban J connectivity index is 0.000000686. The van der Waals surface area contributed by atoms with Crippen molar-refractivity contribution in [2.24, 2.45) is 0 Å². The van der Waals surface area contributed by atoms with Crippen LogP contribution >= 0.6 is 0 Å². The number of carbonyl (C=O) groups is 2. The molecular formula is C31H47F2N3O2. The number of halogens is 2. The highest BCUT2D eigenvalue weighted by Gasteiger charge is 2.37. The maximum Gasteiger partial charge on any atom is 0.217 e. The second kappa shape index (κ2) is 15.6. The summed E-state index contributed by atoms with van der Waals surface area (Å²) >= 11 is 0. The molecule has 212 valence electrons. The summed E-state index contributed by atoms with van der Waals surface area (Å²) in [4.78, 5) is 22.8. The molecule has 3 N–H and O–H groups in total. The third-order valence-corrected chi connectivity index (χ3v) is 6.62. The van der Waals surface area contributed by atoms with Crippen LogP contribution in [-0.4, -0.2) is 30.4 Å². The van der Waals surface area contributed by atoms with Gasteiger partial charge in [-0.15, -0.1) is 0 Å². The number of benzene rings is 1. The van der Waals surface area contributed by atoms with Gasteiger partial charge in [0.05, 0.1) is 6.33 Å². The summed E-state index contributed by atoms with van der Waals surface area (Å²) in [7, 11) is 0. The Morgan fingerprint density at radius 1 is 1.16 bits per heavy atom. The first-order chi connectivity index (χ1) is 17.7. The van der Waals surface area contributed by atoms with Crippen LogP contribution < -0.4 is 16.0 Å². The molecule has 0 bridgehead atoms. The van der Waals surface area contributed by atoms with Gasteiger partial charge in [-0.1, -0.05) is 57.2 Å². The summed E-state index contributed by atoms with van der Waals surface area (Å²) in [6.07, 6.45) is 6.82. The first-order valence-corrected chi connectivity index (χ1v) is 13.4. The zero-order valence-electron chi connectivity index (χ0n) is 24.2. The molecule has 1 aliphatic carbocycles. The van der Waals surface area contributed by atoms with E-state index in [4.69, 9.17) is 0 Å². The van der Waals surface area contributed by atoms with Crippen LogP contribution in [0, 0.1) is 0 Å². The average Bonchev–Trinajstić information content (AvgIpc) is 2.79. The van der Waals surface area contributed by atoms with Gasteiger partial charge in [0.15, 0.2) is 0 Å². The Hall–Kier alpha value is -2.80. The molecule has 1 saturated carbocycles. The van der Waals surface area contributed by atoms with Gasteiger partial charge < -0.3 is 16.0 Å². The Labute approximate surface area is 228 Å². The molecule has 0 spiro atoms. The zero-order chi connectivity index (χ0) is 28.9. The number of carbonyl (C=O) groups excluding carboxylic acids is 2. The summed E-state index contributed by atoms with van der Waals surface area (Å²) in [5, 5.41) is 9.90. The Kier molecular flexibility index (Phi) is 13.6.